The zero-order valence-electron chi connectivity index (χ0n) is 11.7. The second-order valence-corrected chi connectivity index (χ2v) is 4.18. The monoisotopic (exact) mass is 303 g/mol. The molecule has 0 fully saturated rings. The second kappa shape index (κ2) is 6.99. The minimum absolute atomic E-state index is 0.323. The lowest BCUT2D eigenvalue weighted by Crippen LogP contribution is -2.56. The van der Waals surface area contributed by atoms with E-state index in [9.17, 15) is 19.2 Å². The van der Waals surface area contributed by atoms with Crippen LogP contribution in [0.4, 0.5) is 0 Å². The molecule has 0 aromatic carbocycles. The Balaban J connectivity index is 3.63. The molecule has 1 unspecified atom stereocenters. The van der Waals surface area contributed by atoms with Crippen LogP contribution in [0.2, 0.25) is 0 Å². The average molecular weight is 303 g/mol. The Morgan fingerprint density at radius 2 is 1.48 bits per heavy atom. The van der Waals surface area contributed by atoms with Gasteiger partial charge in [-0.25, -0.2) is 28.1 Å². The quantitative estimate of drug-likeness (QED) is 0.544. The summed E-state index contributed by atoms with van der Waals surface area (Å²) < 4.78 is 6.62. The van der Waals surface area contributed by atoms with Crippen molar-refractivity contribution < 1.29 is 19.7 Å². The molecule has 1 aromatic heterocycles. The molecule has 1 heterocycles. The van der Waals surface area contributed by atoms with E-state index >= 15 is 0 Å². The molecule has 118 valence electrons. The summed E-state index contributed by atoms with van der Waals surface area (Å²) >= 11 is 0. The van der Waals surface area contributed by atoms with Gasteiger partial charge in [0.05, 0.1) is 26.3 Å². The van der Waals surface area contributed by atoms with Gasteiger partial charge in [-0.1, -0.05) is 0 Å². The summed E-state index contributed by atoms with van der Waals surface area (Å²) in [6, 6.07) is 0. The average Bonchev–Trinajstić information content (AvgIpc) is 2.39. The van der Waals surface area contributed by atoms with Gasteiger partial charge in [-0.2, -0.15) is 0 Å². The highest BCUT2D eigenvalue weighted by atomic mass is 16.6. The molecule has 0 amide bonds. The molecular formula is C11H17N3O7. The molecule has 21 heavy (non-hydrogen) atoms. The van der Waals surface area contributed by atoms with Crippen molar-refractivity contribution in [1.82, 2.24) is 13.7 Å². The third-order valence-electron chi connectivity index (χ3n) is 2.68. The fourth-order valence-corrected chi connectivity index (χ4v) is 1.84. The van der Waals surface area contributed by atoms with Crippen LogP contribution in [-0.4, -0.2) is 43.1 Å². The van der Waals surface area contributed by atoms with Gasteiger partial charge in [-0.05, 0) is 6.92 Å². The fraction of sp³-hybridized carbons (Fsp3) is 0.636. The highest BCUT2D eigenvalue weighted by Crippen LogP contribution is 2.00. The first kappa shape index (κ1) is 16.9. The molecule has 2 N–H and O–H groups in total. The number of ether oxygens (including phenoxy) is 1. The van der Waals surface area contributed by atoms with Gasteiger partial charge < -0.3 is 14.9 Å². The van der Waals surface area contributed by atoms with Crippen LogP contribution >= 0.6 is 0 Å². The number of nitrogens with zero attached hydrogens (tertiary/aromatic N) is 3. The first-order chi connectivity index (χ1) is 9.84. The molecular weight excluding hydrogens is 286 g/mol. The van der Waals surface area contributed by atoms with E-state index in [0.717, 1.165) is 6.92 Å². The van der Waals surface area contributed by atoms with E-state index in [4.69, 9.17) is 14.9 Å². The van der Waals surface area contributed by atoms with Crippen molar-refractivity contribution in [1.29, 1.82) is 0 Å². The Morgan fingerprint density at radius 3 is 1.81 bits per heavy atom. The summed E-state index contributed by atoms with van der Waals surface area (Å²) in [7, 11) is 0. The Morgan fingerprint density at radius 1 is 1.05 bits per heavy atom. The number of carbonyl (C=O) groups is 1. The molecule has 0 radical (unpaired) electrons. The van der Waals surface area contributed by atoms with Gasteiger partial charge in [0.15, 0.2) is 6.23 Å². The van der Waals surface area contributed by atoms with E-state index in [1.807, 2.05) is 0 Å². The maximum atomic E-state index is 12.1. The SMILES string of the molecule is CC(=O)OC(C)n1c(=O)n(CCO)c(=O)n(CCO)c1=O. The lowest BCUT2D eigenvalue weighted by Gasteiger charge is -2.17. The summed E-state index contributed by atoms with van der Waals surface area (Å²) in [5, 5.41) is 17.8. The first-order valence-electron chi connectivity index (χ1n) is 6.20. The number of aliphatic hydroxyl groups is 2. The van der Waals surface area contributed by atoms with E-state index < -0.39 is 42.5 Å². The predicted molar refractivity (Wildman–Crippen MR) is 69.9 cm³/mol. The maximum Gasteiger partial charge on any atom is 0.339 e. The fourth-order valence-electron chi connectivity index (χ4n) is 1.84. The largest absolute Gasteiger partial charge is 0.441 e. The van der Waals surface area contributed by atoms with E-state index in [1.165, 1.54) is 6.92 Å². The molecule has 10 nitrogen and oxygen atoms in total. The number of hydrogen-bond donors (Lipinski definition) is 2. The maximum absolute atomic E-state index is 12.1. The number of rotatable bonds is 6. The summed E-state index contributed by atoms with van der Waals surface area (Å²) in [5.74, 6) is -0.706. The second-order valence-electron chi connectivity index (χ2n) is 4.18. The predicted octanol–water partition coefficient (Wildman–Crippen LogP) is -2.76. The van der Waals surface area contributed by atoms with Crippen LogP contribution in [0, 0.1) is 0 Å². The van der Waals surface area contributed by atoms with Crippen molar-refractivity contribution in [3.05, 3.63) is 31.5 Å². The van der Waals surface area contributed by atoms with Crippen molar-refractivity contribution in [3.63, 3.8) is 0 Å². The van der Waals surface area contributed by atoms with Crippen molar-refractivity contribution in [2.75, 3.05) is 13.2 Å². The van der Waals surface area contributed by atoms with Crippen LogP contribution in [0.5, 0.6) is 0 Å². The number of hydrogen-bond acceptors (Lipinski definition) is 7. The van der Waals surface area contributed by atoms with Gasteiger partial charge in [0.1, 0.15) is 0 Å². The lowest BCUT2D eigenvalue weighted by molar-refractivity contribution is -0.150. The Hall–Kier alpha value is -2.20. The molecule has 0 saturated heterocycles. The first-order valence-corrected chi connectivity index (χ1v) is 6.20. The summed E-state index contributed by atoms with van der Waals surface area (Å²) in [6.45, 7) is 0.772. The number of carbonyl (C=O) groups excluding carboxylic acids is 1. The third-order valence-corrected chi connectivity index (χ3v) is 2.68. The van der Waals surface area contributed by atoms with Crippen LogP contribution in [0.25, 0.3) is 0 Å². The van der Waals surface area contributed by atoms with Crippen molar-refractivity contribution in [2.24, 2.45) is 0 Å². The highest BCUT2D eigenvalue weighted by Gasteiger charge is 2.20. The number of aliphatic hydroxyl groups excluding tert-OH is 2. The van der Waals surface area contributed by atoms with Gasteiger partial charge in [0.2, 0.25) is 0 Å². The molecule has 0 aliphatic rings. The topological polar surface area (TPSA) is 133 Å². The van der Waals surface area contributed by atoms with E-state index in [0.29, 0.717) is 13.7 Å². The standard InChI is InChI=1S/C11H17N3O7/c1-7(21-8(2)17)14-10(19)12(3-5-15)9(18)13(4-6-16)11(14)20/h7,15-16H,3-6H2,1-2H3. The molecule has 0 saturated carbocycles. The van der Waals surface area contributed by atoms with Crippen molar-refractivity contribution >= 4 is 5.97 Å². The van der Waals surface area contributed by atoms with Gasteiger partial charge in [-0.3, -0.25) is 4.79 Å². The summed E-state index contributed by atoms with van der Waals surface area (Å²) in [4.78, 5) is 47.2. The molecule has 0 aliphatic carbocycles. The minimum Gasteiger partial charge on any atom is -0.441 e. The van der Waals surface area contributed by atoms with Crippen molar-refractivity contribution in [3.8, 4) is 0 Å². The van der Waals surface area contributed by atoms with E-state index in [1.54, 1.807) is 0 Å². The molecule has 0 bridgehead atoms. The molecule has 0 spiro atoms. The Labute approximate surface area is 118 Å². The van der Waals surface area contributed by atoms with Gasteiger partial charge in [0, 0.05) is 6.92 Å². The highest BCUT2D eigenvalue weighted by molar-refractivity contribution is 5.65. The van der Waals surface area contributed by atoms with Crippen LogP contribution in [0.1, 0.15) is 20.1 Å². The normalized spacial score (nSPS) is 12.2. The van der Waals surface area contributed by atoms with Crippen LogP contribution < -0.4 is 17.1 Å². The van der Waals surface area contributed by atoms with E-state index in [2.05, 4.69) is 0 Å². The zero-order valence-corrected chi connectivity index (χ0v) is 11.7. The Bertz CT molecular complexity index is 640. The summed E-state index contributed by atoms with van der Waals surface area (Å²) in [6.07, 6.45) is -1.22. The smallest absolute Gasteiger partial charge is 0.339 e. The van der Waals surface area contributed by atoms with Gasteiger partial charge in [0.25, 0.3) is 0 Å². The van der Waals surface area contributed by atoms with Crippen molar-refractivity contribution in [2.45, 2.75) is 33.2 Å². The number of aromatic nitrogens is 3. The van der Waals surface area contributed by atoms with Crippen LogP contribution in [0.3, 0.4) is 0 Å². The van der Waals surface area contributed by atoms with Gasteiger partial charge in [-0.15, -0.1) is 0 Å². The molecule has 0 aliphatic heterocycles. The van der Waals surface area contributed by atoms with Gasteiger partial charge >= 0.3 is 23.0 Å². The molecule has 1 rings (SSSR count). The zero-order chi connectivity index (χ0) is 16.2. The lowest BCUT2D eigenvalue weighted by atomic mass is 10.5. The Kier molecular flexibility index (Phi) is 5.61. The van der Waals surface area contributed by atoms with Crippen LogP contribution in [-0.2, 0) is 22.6 Å². The molecule has 1 aromatic rings. The molecule has 10 heteroatoms. The number of esters is 1. The van der Waals surface area contributed by atoms with E-state index in [-0.39, 0.29) is 13.1 Å². The summed E-state index contributed by atoms with van der Waals surface area (Å²) in [5.41, 5.74) is -2.94. The van der Waals surface area contributed by atoms with Crippen LogP contribution in [0.15, 0.2) is 14.4 Å². The third kappa shape index (κ3) is 3.47. The molecule has 1 atom stereocenters. The minimum atomic E-state index is -1.22.